The number of nitrogens with one attached hydrogen (secondary N) is 3. The van der Waals surface area contributed by atoms with E-state index < -0.39 is 12.6 Å². The highest BCUT2D eigenvalue weighted by Crippen LogP contribution is 2.30. The van der Waals surface area contributed by atoms with Gasteiger partial charge in [0.25, 0.3) is 0 Å². The van der Waals surface area contributed by atoms with Crippen LogP contribution in [0.5, 0.6) is 5.75 Å². The molecule has 0 saturated heterocycles. The van der Waals surface area contributed by atoms with Crippen LogP contribution in [0.1, 0.15) is 49.8 Å². The molecule has 3 N–H and O–H groups in total. The normalized spacial score (nSPS) is 19.8. The van der Waals surface area contributed by atoms with Crippen molar-refractivity contribution in [3.63, 3.8) is 0 Å². The Bertz CT molecular complexity index is 995. The molecule has 1 saturated carbocycles. The molecule has 184 valence electrons. The number of hydrogen-bond donors (Lipinski definition) is 3. The Hall–Kier alpha value is -3.17. The summed E-state index contributed by atoms with van der Waals surface area (Å²) in [7, 11) is 4.03. The maximum atomic E-state index is 12.6. The summed E-state index contributed by atoms with van der Waals surface area (Å²) in [6.07, 6.45) is 7.69. The fourth-order valence-corrected chi connectivity index (χ4v) is 4.69. The van der Waals surface area contributed by atoms with E-state index in [1.807, 2.05) is 14.1 Å². The molecule has 0 radical (unpaired) electrons. The summed E-state index contributed by atoms with van der Waals surface area (Å²) in [6.45, 7) is -2.96. The molecule has 10 heteroatoms. The Morgan fingerprint density at radius 2 is 1.76 bits per heavy atom. The van der Waals surface area contributed by atoms with Gasteiger partial charge in [0.1, 0.15) is 11.6 Å². The number of ether oxygens (including phenoxy) is 1. The highest BCUT2D eigenvalue weighted by Gasteiger charge is 2.25. The molecule has 2 aliphatic carbocycles. The molecular weight excluding hydrogens is 442 g/mol. The number of aryl methyl sites for hydroxylation is 1. The molecule has 1 fully saturated rings. The standard InChI is InChI=1S/C24H32F2N6O2/c1-32(2)21-17-7-3-4-8-18(17)29-23(31-21)27-15-11-13-16(14-12-15)28-24(33)30-19-9-5-6-10-20(19)34-22(25)26/h5-6,9-10,15-16,22H,3-4,7-8,11-14H2,1-2H3,(H,27,29,31)(H2,28,30,33). The summed E-state index contributed by atoms with van der Waals surface area (Å²) in [4.78, 5) is 24.1. The summed E-state index contributed by atoms with van der Waals surface area (Å²) >= 11 is 0. The van der Waals surface area contributed by atoms with Crippen LogP contribution in [0.2, 0.25) is 0 Å². The second-order valence-corrected chi connectivity index (χ2v) is 9.06. The number of carbonyl (C=O) groups is 1. The van der Waals surface area contributed by atoms with E-state index in [4.69, 9.17) is 9.97 Å². The Balaban J connectivity index is 1.30. The maximum absolute atomic E-state index is 12.6. The van der Waals surface area contributed by atoms with E-state index in [1.54, 1.807) is 12.1 Å². The van der Waals surface area contributed by atoms with Crippen molar-refractivity contribution in [1.29, 1.82) is 0 Å². The van der Waals surface area contributed by atoms with Crippen LogP contribution >= 0.6 is 0 Å². The number of carbonyl (C=O) groups excluding carboxylic acids is 1. The molecule has 4 rings (SSSR count). The van der Waals surface area contributed by atoms with Crippen LogP contribution < -0.4 is 25.6 Å². The molecule has 34 heavy (non-hydrogen) atoms. The minimum Gasteiger partial charge on any atom is -0.433 e. The van der Waals surface area contributed by atoms with Crippen molar-refractivity contribution in [3.8, 4) is 5.75 Å². The fraction of sp³-hybridized carbons (Fsp3) is 0.542. The molecule has 2 aromatic rings. The number of alkyl halides is 2. The van der Waals surface area contributed by atoms with Gasteiger partial charge >= 0.3 is 12.6 Å². The third-order valence-corrected chi connectivity index (χ3v) is 6.33. The maximum Gasteiger partial charge on any atom is 0.387 e. The highest BCUT2D eigenvalue weighted by atomic mass is 19.3. The number of nitrogens with zero attached hydrogens (tertiary/aromatic N) is 3. The number of amides is 2. The lowest BCUT2D eigenvalue weighted by atomic mass is 9.91. The minimum atomic E-state index is -2.96. The zero-order chi connectivity index (χ0) is 24.1. The molecule has 2 amide bonds. The molecule has 0 bridgehead atoms. The first-order valence-corrected chi connectivity index (χ1v) is 11.8. The van der Waals surface area contributed by atoms with E-state index in [0.29, 0.717) is 5.95 Å². The molecule has 2 aliphatic rings. The topological polar surface area (TPSA) is 91.4 Å². The predicted octanol–water partition coefficient (Wildman–Crippen LogP) is 4.57. The van der Waals surface area contributed by atoms with Gasteiger partial charge in [-0.05, 0) is 63.5 Å². The molecule has 0 aliphatic heterocycles. The first kappa shape index (κ1) is 24.0. The predicted molar refractivity (Wildman–Crippen MR) is 128 cm³/mol. The van der Waals surface area contributed by atoms with Gasteiger partial charge in [0.05, 0.1) is 11.4 Å². The van der Waals surface area contributed by atoms with Crippen LogP contribution in [-0.4, -0.2) is 48.8 Å². The van der Waals surface area contributed by atoms with Gasteiger partial charge in [-0.1, -0.05) is 12.1 Å². The Morgan fingerprint density at radius 1 is 1.06 bits per heavy atom. The number of aromatic nitrogens is 2. The minimum absolute atomic E-state index is 0.00279. The third kappa shape index (κ3) is 6.03. The Labute approximate surface area is 198 Å². The van der Waals surface area contributed by atoms with Crippen LogP contribution in [0.4, 0.5) is 31.0 Å². The molecule has 1 aromatic carbocycles. The van der Waals surface area contributed by atoms with Crippen LogP contribution in [-0.2, 0) is 12.8 Å². The lowest BCUT2D eigenvalue weighted by Gasteiger charge is -2.30. The number of para-hydroxylation sites is 2. The van der Waals surface area contributed by atoms with Gasteiger partial charge in [0.15, 0.2) is 0 Å². The average molecular weight is 475 g/mol. The quantitative estimate of drug-likeness (QED) is 0.545. The van der Waals surface area contributed by atoms with Crippen molar-refractivity contribution in [2.24, 2.45) is 0 Å². The van der Waals surface area contributed by atoms with Crippen molar-refractivity contribution in [1.82, 2.24) is 15.3 Å². The zero-order valence-corrected chi connectivity index (χ0v) is 19.6. The molecule has 1 heterocycles. The van der Waals surface area contributed by atoms with E-state index >= 15 is 0 Å². The van der Waals surface area contributed by atoms with E-state index in [1.165, 1.54) is 24.1 Å². The number of anilines is 3. The van der Waals surface area contributed by atoms with Crippen LogP contribution in [0.15, 0.2) is 24.3 Å². The van der Waals surface area contributed by atoms with Crippen molar-refractivity contribution < 1.29 is 18.3 Å². The van der Waals surface area contributed by atoms with Gasteiger partial charge in [-0.15, -0.1) is 0 Å². The second-order valence-electron chi connectivity index (χ2n) is 9.06. The van der Waals surface area contributed by atoms with Crippen LogP contribution in [0.25, 0.3) is 0 Å². The number of hydrogen-bond acceptors (Lipinski definition) is 6. The Morgan fingerprint density at radius 3 is 2.50 bits per heavy atom. The summed E-state index contributed by atoms with van der Waals surface area (Å²) in [5.41, 5.74) is 2.62. The molecule has 8 nitrogen and oxygen atoms in total. The van der Waals surface area contributed by atoms with E-state index in [-0.39, 0.29) is 23.5 Å². The van der Waals surface area contributed by atoms with Gasteiger partial charge < -0.3 is 25.6 Å². The number of fused-ring (bicyclic) bond motifs is 1. The van der Waals surface area contributed by atoms with Gasteiger partial charge in [0, 0.05) is 31.7 Å². The van der Waals surface area contributed by atoms with Crippen molar-refractivity contribution in [2.45, 2.75) is 70.1 Å². The van der Waals surface area contributed by atoms with Gasteiger partial charge in [-0.3, -0.25) is 0 Å². The smallest absolute Gasteiger partial charge is 0.387 e. The summed E-state index contributed by atoms with van der Waals surface area (Å²) in [6, 6.07) is 5.94. The first-order valence-electron chi connectivity index (χ1n) is 11.8. The highest BCUT2D eigenvalue weighted by molar-refractivity contribution is 5.91. The lowest BCUT2D eigenvalue weighted by molar-refractivity contribution is -0.0493. The Kier molecular flexibility index (Phi) is 7.64. The fourth-order valence-electron chi connectivity index (χ4n) is 4.69. The van der Waals surface area contributed by atoms with Crippen molar-refractivity contribution in [2.75, 3.05) is 29.6 Å². The molecule has 0 unspecified atom stereocenters. The molecule has 0 atom stereocenters. The first-order chi connectivity index (χ1) is 16.4. The van der Waals surface area contributed by atoms with E-state index in [2.05, 4.69) is 25.6 Å². The monoisotopic (exact) mass is 474 g/mol. The van der Waals surface area contributed by atoms with Gasteiger partial charge in [-0.2, -0.15) is 13.8 Å². The van der Waals surface area contributed by atoms with Gasteiger partial charge in [0.2, 0.25) is 5.95 Å². The number of halogens is 2. The van der Waals surface area contributed by atoms with Crippen LogP contribution in [0, 0.1) is 0 Å². The lowest BCUT2D eigenvalue weighted by Crippen LogP contribution is -2.42. The van der Waals surface area contributed by atoms with Crippen LogP contribution in [0.3, 0.4) is 0 Å². The summed E-state index contributed by atoms with van der Waals surface area (Å²) in [5, 5.41) is 9.05. The summed E-state index contributed by atoms with van der Waals surface area (Å²) in [5.74, 6) is 1.60. The number of rotatable bonds is 7. The van der Waals surface area contributed by atoms with E-state index in [9.17, 15) is 13.6 Å². The second kappa shape index (κ2) is 10.8. The van der Waals surface area contributed by atoms with E-state index in [0.717, 1.165) is 56.5 Å². The SMILES string of the molecule is CN(C)c1nc(NC2CCC(NC(=O)Nc3ccccc3OC(F)F)CC2)nc2c1CCCC2. The molecule has 0 spiro atoms. The largest absolute Gasteiger partial charge is 0.433 e. The van der Waals surface area contributed by atoms with Crippen molar-refractivity contribution >= 4 is 23.5 Å². The van der Waals surface area contributed by atoms with Crippen molar-refractivity contribution in [3.05, 3.63) is 35.5 Å². The molecular formula is C24H32F2N6O2. The third-order valence-electron chi connectivity index (χ3n) is 6.33. The average Bonchev–Trinajstić information content (AvgIpc) is 2.80. The van der Waals surface area contributed by atoms with Gasteiger partial charge in [-0.25, -0.2) is 9.78 Å². The molecule has 1 aromatic heterocycles. The summed E-state index contributed by atoms with van der Waals surface area (Å²) < 4.78 is 29.6. The number of urea groups is 1. The zero-order valence-electron chi connectivity index (χ0n) is 19.6. The number of benzene rings is 1.